The van der Waals surface area contributed by atoms with Crippen molar-refractivity contribution in [2.24, 2.45) is 0 Å². The number of para-hydroxylation sites is 3. The largest absolute Gasteiger partial charge is 0.493 e. The second kappa shape index (κ2) is 9.49. The molecule has 1 N–H and O–H groups in total. The molecule has 0 saturated carbocycles. The standard InChI is InChI=1S/C23H19F3N4O5/c1-34-17-12-29(14-7-3-2-4-8-14)28-21(17)22(33)35-13-20(32)30-16-10-6-5-9-15(16)27-19(31)11-18(30)23(24,25)26/h2-10,12,18H,11,13H2,1H3,(H,27,31). The number of rotatable bonds is 5. The van der Waals surface area contributed by atoms with Crippen LogP contribution in [0.2, 0.25) is 0 Å². The van der Waals surface area contributed by atoms with Crippen LogP contribution in [0.3, 0.4) is 0 Å². The summed E-state index contributed by atoms with van der Waals surface area (Å²) >= 11 is 0. The van der Waals surface area contributed by atoms with Gasteiger partial charge in [0.15, 0.2) is 12.4 Å². The Kier molecular flexibility index (Phi) is 6.45. The summed E-state index contributed by atoms with van der Waals surface area (Å²) in [4.78, 5) is 38.1. The first-order chi connectivity index (χ1) is 16.7. The molecule has 182 valence electrons. The number of halogens is 3. The molecule has 4 rings (SSSR count). The zero-order valence-electron chi connectivity index (χ0n) is 18.3. The number of ether oxygens (including phenoxy) is 2. The van der Waals surface area contributed by atoms with Gasteiger partial charge in [0.2, 0.25) is 11.6 Å². The normalized spacial score (nSPS) is 15.6. The van der Waals surface area contributed by atoms with Crippen molar-refractivity contribution in [1.29, 1.82) is 0 Å². The fourth-order valence-corrected chi connectivity index (χ4v) is 3.62. The van der Waals surface area contributed by atoms with Crippen LogP contribution in [0.5, 0.6) is 5.75 Å². The number of nitrogens with one attached hydrogen (secondary N) is 1. The van der Waals surface area contributed by atoms with Gasteiger partial charge < -0.3 is 14.8 Å². The van der Waals surface area contributed by atoms with Gasteiger partial charge in [-0.05, 0) is 24.3 Å². The molecule has 2 amide bonds. The fourth-order valence-electron chi connectivity index (χ4n) is 3.62. The maximum Gasteiger partial charge on any atom is 0.409 e. The molecule has 3 aromatic rings. The van der Waals surface area contributed by atoms with Gasteiger partial charge in [-0.15, -0.1) is 0 Å². The lowest BCUT2D eigenvalue weighted by atomic mass is 10.1. The Morgan fingerprint density at radius 1 is 1.11 bits per heavy atom. The van der Waals surface area contributed by atoms with Gasteiger partial charge in [-0.3, -0.25) is 14.5 Å². The first kappa shape index (κ1) is 23.8. The summed E-state index contributed by atoms with van der Waals surface area (Å²) in [5.41, 5.74) is 0.233. The number of hydrogen-bond acceptors (Lipinski definition) is 6. The highest BCUT2D eigenvalue weighted by Gasteiger charge is 2.49. The number of fused-ring (bicyclic) bond motifs is 1. The lowest BCUT2D eigenvalue weighted by Gasteiger charge is -2.31. The molecule has 1 unspecified atom stereocenters. The van der Waals surface area contributed by atoms with E-state index in [2.05, 4.69) is 10.4 Å². The lowest BCUT2D eigenvalue weighted by molar-refractivity contribution is -0.158. The Bertz CT molecular complexity index is 1260. The number of benzene rings is 2. The number of hydrogen-bond donors (Lipinski definition) is 1. The smallest absolute Gasteiger partial charge is 0.409 e. The van der Waals surface area contributed by atoms with Crippen LogP contribution >= 0.6 is 0 Å². The van der Waals surface area contributed by atoms with Crippen molar-refractivity contribution < 1.29 is 37.0 Å². The van der Waals surface area contributed by atoms with Gasteiger partial charge in [-0.1, -0.05) is 30.3 Å². The molecule has 0 saturated heterocycles. The number of methoxy groups -OCH3 is 1. The van der Waals surface area contributed by atoms with Crippen LogP contribution in [0.15, 0.2) is 60.8 Å². The Morgan fingerprint density at radius 2 is 1.80 bits per heavy atom. The predicted molar refractivity (Wildman–Crippen MR) is 117 cm³/mol. The van der Waals surface area contributed by atoms with Crippen molar-refractivity contribution >= 4 is 29.2 Å². The molecule has 0 bridgehead atoms. The fraction of sp³-hybridized carbons (Fsp3) is 0.217. The summed E-state index contributed by atoms with van der Waals surface area (Å²) in [6.45, 7) is -1.02. The van der Waals surface area contributed by atoms with Gasteiger partial charge in [0.05, 0.1) is 36.8 Å². The second-order valence-corrected chi connectivity index (χ2v) is 7.49. The number of aromatic nitrogens is 2. The van der Waals surface area contributed by atoms with Gasteiger partial charge in [-0.25, -0.2) is 9.48 Å². The van der Waals surface area contributed by atoms with Crippen molar-refractivity contribution in [3.05, 3.63) is 66.5 Å². The van der Waals surface area contributed by atoms with Gasteiger partial charge in [0, 0.05) is 0 Å². The molecule has 0 spiro atoms. The van der Waals surface area contributed by atoms with Crippen molar-refractivity contribution in [3.63, 3.8) is 0 Å². The average molecular weight is 488 g/mol. The Hall–Kier alpha value is -4.35. The number of carbonyl (C=O) groups excluding carboxylic acids is 3. The van der Waals surface area contributed by atoms with Crippen LogP contribution in [0, 0.1) is 0 Å². The van der Waals surface area contributed by atoms with Crippen LogP contribution in [-0.2, 0) is 14.3 Å². The van der Waals surface area contributed by atoms with Crippen molar-refractivity contribution in [3.8, 4) is 11.4 Å². The topological polar surface area (TPSA) is 103 Å². The van der Waals surface area contributed by atoms with E-state index in [1.54, 1.807) is 30.3 Å². The van der Waals surface area contributed by atoms with Crippen LogP contribution in [0.4, 0.5) is 24.5 Å². The second-order valence-electron chi connectivity index (χ2n) is 7.49. The van der Waals surface area contributed by atoms with Crippen LogP contribution in [-0.4, -0.2) is 53.5 Å². The summed E-state index contributed by atoms with van der Waals surface area (Å²) in [5, 5.41) is 6.48. The number of alkyl halides is 3. The minimum atomic E-state index is -4.91. The van der Waals surface area contributed by atoms with Crippen LogP contribution < -0.4 is 15.0 Å². The molecule has 2 aromatic carbocycles. The molecule has 35 heavy (non-hydrogen) atoms. The third-order valence-electron chi connectivity index (χ3n) is 5.22. The first-order valence-corrected chi connectivity index (χ1v) is 10.3. The third kappa shape index (κ3) is 4.95. The predicted octanol–water partition coefficient (Wildman–Crippen LogP) is 3.34. The maximum absolute atomic E-state index is 13.8. The number of esters is 1. The zero-order chi connectivity index (χ0) is 25.2. The molecular formula is C23H19F3N4O5. The summed E-state index contributed by atoms with van der Waals surface area (Å²) in [6, 6.07) is 11.9. The maximum atomic E-state index is 13.8. The average Bonchev–Trinajstić information content (AvgIpc) is 3.20. The minimum absolute atomic E-state index is 0.0344. The zero-order valence-corrected chi connectivity index (χ0v) is 18.3. The molecule has 9 nitrogen and oxygen atoms in total. The molecule has 1 aliphatic rings. The van der Waals surface area contributed by atoms with Gasteiger partial charge in [0.25, 0.3) is 5.91 Å². The van der Waals surface area contributed by atoms with E-state index in [1.807, 2.05) is 0 Å². The lowest BCUT2D eigenvalue weighted by Crippen LogP contribution is -2.51. The quantitative estimate of drug-likeness (QED) is 0.553. The van der Waals surface area contributed by atoms with Crippen LogP contribution in [0.25, 0.3) is 5.69 Å². The highest BCUT2D eigenvalue weighted by atomic mass is 19.4. The summed E-state index contributed by atoms with van der Waals surface area (Å²) in [5.74, 6) is -3.07. The van der Waals surface area contributed by atoms with E-state index >= 15 is 0 Å². The highest BCUT2D eigenvalue weighted by Crippen LogP contribution is 2.37. The van der Waals surface area contributed by atoms with E-state index in [4.69, 9.17) is 9.47 Å². The summed E-state index contributed by atoms with van der Waals surface area (Å²) in [6.07, 6.45) is -4.49. The highest BCUT2D eigenvalue weighted by molar-refractivity contribution is 6.05. The van der Waals surface area contributed by atoms with Crippen molar-refractivity contribution in [1.82, 2.24) is 9.78 Å². The molecule has 0 fully saturated rings. The van der Waals surface area contributed by atoms with E-state index in [9.17, 15) is 27.6 Å². The van der Waals surface area contributed by atoms with Gasteiger partial charge in [-0.2, -0.15) is 18.3 Å². The molecule has 0 radical (unpaired) electrons. The molecule has 1 aromatic heterocycles. The number of amides is 2. The van der Waals surface area contributed by atoms with E-state index in [1.165, 1.54) is 42.3 Å². The summed E-state index contributed by atoms with van der Waals surface area (Å²) in [7, 11) is 1.31. The van der Waals surface area contributed by atoms with E-state index in [0.29, 0.717) is 10.6 Å². The van der Waals surface area contributed by atoms with Crippen molar-refractivity contribution in [2.45, 2.75) is 18.6 Å². The molecule has 1 aliphatic heterocycles. The minimum Gasteiger partial charge on any atom is -0.493 e. The van der Waals surface area contributed by atoms with E-state index in [0.717, 1.165) is 0 Å². The molecule has 2 heterocycles. The number of carbonyl (C=O) groups is 3. The SMILES string of the molecule is COc1cn(-c2ccccc2)nc1C(=O)OCC(=O)N1c2ccccc2NC(=O)CC1C(F)(F)F. The molecule has 0 aliphatic carbocycles. The molecule has 12 heteroatoms. The number of anilines is 2. The first-order valence-electron chi connectivity index (χ1n) is 10.3. The molecule has 1 atom stereocenters. The van der Waals surface area contributed by atoms with E-state index < -0.39 is 43.0 Å². The van der Waals surface area contributed by atoms with Gasteiger partial charge in [0.1, 0.15) is 6.04 Å². The van der Waals surface area contributed by atoms with Crippen LogP contribution in [0.1, 0.15) is 16.9 Å². The third-order valence-corrected chi connectivity index (χ3v) is 5.22. The Labute approximate surface area is 197 Å². The monoisotopic (exact) mass is 488 g/mol. The van der Waals surface area contributed by atoms with Crippen molar-refractivity contribution in [2.75, 3.05) is 23.9 Å². The number of nitrogens with zero attached hydrogens (tertiary/aromatic N) is 3. The molecular weight excluding hydrogens is 469 g/mol. The summed E-state index contributed by atoms with van der Waals surface area (Å²) < 4.78 is 53.0. The Balaban J connectivity index is 1.58. The van der Waals surface area contributed by atoms with Gasteiger partial charge >= 0.3 is 12.1 Å². The Morgan fingerprint density at radius 3 is 2.49 bits per heavy atom. The van der Waals surface area contributed by atoms with E-state index in [-0.39, 0.29) is 22.8 Å².